The Kier molecular flexibility index (Phi) is 6.19. The van der Waals surface area contributed by atoms with Crippen LogP contribution >= 0.6 is 0 Å². The van der Waals surface area contributed by atoms with Gasteiger partial charge in [0.1, 0.15) is 11.9 Å². The molecule has 1 amide bonds. The third-order valence-corrected chi connectivity index (χ3v) is 5.19. The molecule has 6 heteroatoms. The number of likely N-dealkylation sites (N-methyl/N-ethyl adjacent to an activating group) is 1. The maximum Gasteiger partial charge on any atom is 0.258 e. The van der Waals surface area contributed by atoms with Crippen LogP contribution in [0.4, 0.5) is 5.69 Å². The van der Waals surface area contributed by atoms with E-state index in [0.29, 0.717) is 29.8 Å². The van der Waals surface area contributed by atoms with Crippen molar-refractivity contribution < 1.29 is 4.79 Å². The number of nitrogens with zero attached hydrogens (tertiary/aromatic N) is 2. The normalized spacial score (nSPS) is 12.1. The van der Waals surface area contributed by atoms with Gasteiger partial charge >= 0.3 is 0 Å². The number of hydrogen-bond acceptors (Lipinski definition) is 4. The highest BCUT2D eigenvalue weighted by atomic mass is 16.2. The number of hydrogen-bond donors (Lipinski definition) is 2. The Morgan fingerprint density at radius 3 is 2.32 bits per heavy atom. The van der Waals surface area contributed by atoms with Gasteiger partial charge in [-0.15, -0.1) is 0 Å². The molecule has 1 aromatic heterocycles. The first-order chi connectivity index (χ1) is 15.2. The van der Waals surface area contributed by atoms with Crippen molar-refractivity contribution in [2.24, 2.45) is 0 Å². The largest absolute Gasteiger partial charge is 0.324 e. The van der Waals surface area contributed by atoms with Crippen molar-refractivity contribution in [2.75, 3.05) is 11.9 Å². The Morgan fingerprint density at radius 2 is 1.61 bits per heavy atom. The summed E-state index contributed by atoms with van der Waals surface area (Å²) >= 11 is 0. The molecule has 0 radical (unpaired) electrons. The van der Waals surface area contributed by atoms with E-state index in [2.05, 4.69) is 15.3 Å². The average Bonchev–Trinajstić information content (AvgIpc) is 2.80. The van der Waals surface area contributed by atoms with Crippen molar-refractivity contribution in [3.63, 3.8) is 0 Å². The number of carbonyl (C=O) groups is 1. The molecule has 4 aromatic rings. The minimum atomic E-state index is -0.539. The van der Waals surface area contributed by atoms with Crippen LogP contribution in [0.2, 0.25) is 0 Å². The molecule has 0 aliphatic rings. The number of anilines is 1. The average molecular weight is 412 g/mol. The number of para-hydroxylation sites is 2. The maximum atomic E-state index is 13.3. The molecule has 4 rings (SSSR count). The summed E-state index contributed by atoms with van der Waals surface area (Å²) in [5.41, 5.74) is 2.08. The third-order valence-electron chi connectivity index (χ3n) is 5.19. The van der Waals surface area contributed by atoms with Gasteiger partial charge in [0.05, 0.1) is 17.4 Å². The van der Waals surface area contributed by atoms with Crippen LogP contribution in [0.1, 0.15) is 24.4 Å². The van der Waals surface area contributed by atoms with Crippen LogP contribution in [-0.2, 0) is 11.3 Å². The highest BCUT2D eigenvalue weighted by molar-refractivity contribution is 5.95. The van der Waals surface area contributed by atoms with E-state index in [4.69, 9.17) is 0 Å². The molecule has 1 unspecified atom stereocenters. The number of H-pyrrole nitrogens is 1. The summed E-state index contributed by atoms with van der Waals surface area (Å²) in [5.74, 6) is 0.390. The summed E-state index contributed by atoms with van der Waals surface area (Å²) in [6.45, 7) is 2.92. The number of carbonyl (C=O) groups excluding carboxylic acids is 1. The van der Waals surface area contributed by atoms with E-state index in [1.807, 2.05) is 90.7 Å². The molecule has 0 saturated carbocycles. The fourth-order valence-electron chi connectivity index (χ4n) is 3.68. The van der Waals surface area contributed by atoms with Crippen molar-refractivity contribution in [3.05, 3.63) is 107 Å². The summed E-state index contributed by atoms with van der Waals surface area (Å²) in [5, 5.41) is 3.56. The van der Waals surface area contributed by atoms with E-state index in [1.165, 1.54) is 0 Å². The van der Waals surface area contributed by atoms with Gasteiger partial charge in [0.25, 0.3) is 5.56 Å². The van der Waals surface area contributed by atoms with Gasteiger partial charge in [-0.1, -0.05) is 67.6 Å². The molecule has 0 aliphatic heterocycles. The lowest BCUT2D eigenvalue weighted by atomic mass is 10.0. The summed E-state index contributed by atoms with van der Waals surface area (Å²) < 4.78 is 0. The zero-order chi connectivity index (χ0) is 21.6. The topological polar surface area (TPSA) is 78.1 Å². The van der Waals surface area contributed by atoms with Crippen molar-refractivity contribution >= 4 is 22.5 Å². The summed E-state index contributed by atoms with van der Waals surface area (Å²) in [7, 11) is 0. The third kappa shape index (κ3) is 4.70. The minimum Gasteiger partial charge on any atom is -0.324 e. The summed E-state index contributed by atoms with van der Waals surface area (Å²) in [4.78, 5) is 35.3. The van der Waals surface area contributed by atoms with Crippen molar-refractivity contribution in [1.29, 1.82) is 0 Å². The van der Waals surface area contributed by atoms with Gasteiger partial charge in [0.2, 0.25) is 5.91 Å². The van der Waals surface area contributed by atoms with Crippen LogP contribution < -0.4 is 10.9 Å². The van der Waals surface area contributed by atoms with E-state index >= 15 is 0 Å². The lowest BCUT2D eigenvalue weighted by molar-refractivity contribution is -0.121. The second-order valence-electron chi connectivity index (χ2n) is 7.26. The Labute approximate surface area is 180 Å². The van der Waals surface area contributed by atoms with Crippen LogP contribution in [0.3, 0.4) is 0 Å². The molecule has 0 bridgehead atoms. The molecule has 2 N–H and O–H groups in total. The number of amides is 1. The van der Waals surface area contributed by atoms with E-state index in [-0.39, 0.29) is 11.5 Å². The molecular weight excluding hydrogens is 388 g/mol. The predicted molar refractivity (Wildman–Crippen MR) is 123 cm³/mol. The number of aromatic nitrogens is 2. The van der Waals surface area contributed by atoms with Gasteiger partial charge in [-0.25, -0.2) is 4.98 Å². The van der Waals surface area contributed by atoms with Crippen LogP contribution in [0, 0.1) is 0 Å². The van der Waals surface area contributed by atoms with Crippen LogP contribution in [0.15, 0.2) is 89.7 Å². The smallest absolute Gasteiger partial charge is 0.258 e. The van der Waals surface area contributed by atoms with Crippen molar-refractivity contribution in [3.8, 4) is 0 Å². The van der Waals surface area contributed by atoms with E-state index in [1.54, 1.807) is 6.07 Å². The Hall–Kier alpha value is -3.77. The molecule has 156 valence electrons. The second kappa shape index (κ2) is 9.36. The van der Waals surface area contributed by atoms with Crippen LogP contribution in [-0.4, -0.2) is 27.3 Å². The maximum absolute atomic E-state index is 13.3. The Morgan fingerprint density at radius 1 is 0.968 bits per heavy atom. The van der Waals surface area contributed by atoms with E-state index in [0.717, 1.165) is 11.3 Å². The van der Waals surface area contributed by atoms with Crippen LogP contribution in [0.5, 0.6) is 0 Å². The summed E-state index contributed by atoms with van der Waals surface area (Å²) in [6, 6.07) is 25.7. The Balaban J connectivity index is 1.67. The second-order valence-corrected chi connectivity index (χ2v) is 7.26. The van der Waals surface area contributed by atoms with E-state index < -0.39 is 6.04 Å². The van der Waals surface area contributed by atoms with Crippen molar-refractivity contribution in [2.45, 2.75) is 19.5 Å². The molecule has 0 spiro atoms. The number of rotatable bonds is 7. The van der Waals surface area contributed by atoms with Crippen LogP contribution in [0.25, 0.3) is 10.9 Å². The molecule has 31 heavy (non-hydrogen) atoms. The highest BCUT2D eigenvalue weighted by Gasteiger charge is 2.27. The molecular formula is C25H24N4O2. The molecule has 0 fully saturated rings. The number of benzene rings is 3. The lowest BCUT2D eigenvalue weighted by Gasteiger charge is -2.29. The first-order valence-electron chi connectivity index (χ1n) is 10.3. The quantitative estimate of drug-likeness (QED) is 0.479. The minimum absolute atomic E-state index is 0.137. The molecule has 6 nitrogen and oxygen atoms in total. The zero-order valence-corrected chi connectivity index (χ0v) is 17.3. The molecule has 0 aliphatic carbocycles. The first kappa shape index (κ1) is 20.5. The molecule has 1 atom stereocenters. The van der Waals surface area contributed by atoms with Gasteiger partial charge in [-0.3, -0.25) is 14.5 Å². The van der Waals surface area contributed by atoms with Gasteiger partial charge < -0.3 is 10.3 Å². The highest BCUT2D eigenvalue weighted by Crippen LogP contribution is 2.24. The standard InChI is InChI=1S/C25H24N4O2/c1-2-29(17-22-27-21-16-10-9-15-20(21)24(30)28-22)23(18-11-5-3-6-12-18)25(31)26-19-13-7-4-8-14-19/h3-16,23H,2,17H2,1H3,(H,26,31)(H,27,28,30). The fraction of sp³-hybridized carbons (Fsp3) is 0.160. The van der Waals surface area contributed by atoms with Gasteiger partial charge in [-0.2, -0.15) is 0 Å². The number of fused-ring (bicyclic) bond motifs is 1. The lowest BCUT2D eigenvalue weighted by Crippen LogP contribution is -2.37. The van der Waals surface area contributed by atoms with E-state index in [9.17, 15) is 9.59 Å². The monoisotopic (exact) mass is 412 g/mol. The molecule has 1 heterocycles. The number of aromatic amines is 1. The van der Waals surface area contributed by atoms with Crippen molar-refractivity contribution in [1.82, 2.24) is 14.9 Å². The summed E-state index contributed by atoms with van der Waals surface area (Å²) in [6.07, 6.45) is 0. The zero-order valence-electron chi connectivity index (χ0n) is 17.3. The predicted octanol–water partition coefficient (Wildman–Crippen LogP) is 4.13. The van der Waals surface area contributed by atoms with Gasteiger partial charge in [0.15, 0.2) is 0 Å². The van der Waals surface area contributed by atoms with Gasteiger partial charge in [0, 0.05) is 5.69 Å². The first-order valence-corrected chi connectivity index (χ1v) is 10.3. The molecule has 3 aromatic carbocycles. The van der Waals surface area contributed by atoms with Gasteiger partial charge in [-0.05, 0) is 36.4 Å². The fourth-order valence-corrected chi connectivity index (χ4v) is 3.68. The SMILES string of the molecule is CCN(Cc1nc2ccccc2c(=O)[nH]1)C(C(=O)Nc1ccccc1)c1ccccc1. The Bertz CT molecular complexity index is 1220. The number of nitrogens with one attached hydrogen (secondary N) is 2. The molecule has 0 saturated heterocycles.